The minimum absolute atomic E-state index is 0.0757. The second kappa shape index (κ2) is 4.95. The summed E-state index contributed by atoms with van der Waals surface area (Å²) in [5, 5.41) is 2.64. The monoisotopic (exact) mass is 217 g/mol. The Bertz CT molecular complexity index is 213. The predicted molar refractivity (Wildman–Crippen MR) is 61.5 cm³/mol. The fraction of sp³-hybridized carbons (Fsp3) is 0.917. The Hall–Kier alpha value is -0.600. The van der Waals surface area contributed by atoms with E-state index in [2.05, 4.69) is 5.32 Å². The highest BCUT2D eigenvalue weighted by molar-refractivity contribution is 5.81. The minimum Gasteiger partial charge on any atom is -0.349 e. The van der Waals surface area contributed by atoms with Crippen LogP contribution in [0.5, 0.6) is 0 Å². The number of carbonyl (C=O) groups excluding carboxylic acids is 1. The quantitative estimate of drug-likeness (QED) is 0.773. The summed E-state index contributed by atoms with van der Waals surface area (Å²) in [7, 11) is 0. The van der Waals surface area contributed by atoms with Crippen molar-refractivity contribution in [1.82, 2.24) is 5.32 Å². The maximum Gasteiger partial charge on any atom is 0.254 e. The average molecular weight is 217 g/mol. The molecule has 0 fully saturated rings. The van der Waals surface area contributed by atoms with Crippen molar-refractivity contribution in [3.8, 4) is 0 Å². The molecule has 0 aromatic carbocycles. The summed E-state index contributed by atoms with van der Waals surface area (Å²) in [6, 6.07) is 0. The highest BCUT2D eigenvalue weighted by atomic mass is 19.1. The lowest BCUT2D eigenvalue weighted by atomic mass is 9.89. The van der Waals surface area contributed by atoms with Gasteiger partial charge in [-0.1, -0.05) is 20.8 Å². The van der Waals surface area contributed by atoms with Crippen molar-refractivity contribution in [3.05, 3.63) is 0 Å². The normalized spacial score (nSPS) is 14.9. The van der Waals surface area contributed by atoms with Gasteiger partial charge in [0.2, 0.25) is 0 Å². The van der Waals surface area contributed by atoms with Gasteiger partial charge in [-0.3, -0.25) is 4.79 Å². The lowest BCUT2D eigenvalue weighted by molar-refractivity contribution is -0.127. The molecule has 0 aromatic heterocycles. The fourth-order valence-corrected chi connectivity index (χ4v) is 1.14. The van der Waals surface area contributed by atoms with Crippen LogP contribution < -0.4 is 5.32 Å². The zero-order chi connectivity index (χ0) is 12.3. The van der Waals surface area contributed by atoms with E-state index in [1.54, 1.807) is 0 Å². The van der Waals surface area contributed by atoms with Crippen LogP contribution in [0, 0.1) is 5.41 Å². The van der Waals surface area contributed by atoms with Crippen LogP contribution in [-0.4, -0.2) is 17.6 Å². The molecular formula is C12H24FNO. The van der Waals surface area contributed by atoms with Crippen molar-refractivity contribution in [1.29, 1.82) is 0 Å². The Kier molecular flexibility index (Phi) is 4.75. The second-order valence-electron chi connectivity index (χ2n) is 6.31. The van der Waals surface area contributed by atoms with Gasteiger partial charge in [-0.05, 0) is 39.0 Å². The minimum atomic E-state index is -1.39. The molecule has 0 aliphatic heterocycles. The molecule has 0 bridgehead atoms. The van der Waals surface area contributed by atoms with Crippen LogP contribution in [0.4, 0.5) is 4.39 Å². The molecule has 1 atom stereocenters. The van der Waals surface area contributed by atoms with E-state index in [0.29, 0.717) is 12.8 Å². The third-order valence-corrected chi connectivity index (χ3v) is 1.93. The molecule has 1 amide bonds. The van der Waals surface area contributed by atoms with Gasteiger partial charge in [0.05, 0.1) is 0 Å². The highest BCUT2D eigenvalue weighted by Gasteiger charge is 2.23. The van der Waals surface area contributed by atoms with E-state index in [0.717, 1.165) is 0 Å². The van der Waals surface area contributed by atoms with Gasteiger partial charge in [0.25, 0.3) is 5.91 Å². The van der Waals surface area contributed by atoms with Gasteiger partial charge in [-0.2, -0.15) is 0 Å². The second-order valence-corrected chi connectivity index (χ2v) is 6.31. The van der Waals surface area contributed by atoms with Crippen LogP contribution >= 0.6 is 0 Å². The first-order valence-electron chi connectivity index (χ1n) is 5.47. The van der Waals surface area contributed by atoms with Crippen molar-refractivity contribution in [3.63, 3.8) is 0 Å². The number of alkyl halides is 1. The molecule has 0 aliphatic rings. The topological polar surface area (TPSA) is 29.1 Å². The zero-order valence-electron chi connectivity index (χ0n) is 10.8. The summed E-state index contributed by atoms with van der Waals surface area (Å²) >= 11 is 0. The van der Waals surface area contributed by atoms with E-state index in [9.17, 15) is 9.18 Å². The molecule has 2 nitrogen and oxygen atoms in total. The first-order chi connectivity index (χ1) is 6.51. The van der Waals surface area contributed by atoms with Crippen LogP contribution in [-0.2, 0) is 4.79 Å². The Morgan fingerprint density at radius 2 is 1.67 bits per heavy atom. The molecule has 0 spiro atoms. The number of carbonyl (C=O) groups is 1. The molecule has 15 heavy (non-hydrogen) atoms. The lowest BCUT2D eigenvalue weighted by Crippen LogP contribution is -2.44. The molecule has 0 saturated carbocycles. The van der Waals surface area contributed by atoms with Crippen molar-refractivity contribution in [2.45, 2.75) is 66.1 Å². The number of amides is 1. The molecule has 0 aliphatic carbocycles. The van der Waals surface area contributed by atoms with Gasteiger partial charge in [0.15, 0.2) is 6.17 Å². The summed E-state index contributed by atoms with van der Waals surface area (Å²) < 4.78 is 13.4. The van der Waals surface area contributed by atoms with Gasteiger partial charge in [-0.15, -0.1) is 0 Å². The predicted octanol–water partition coefficient (Wildman–Crippen LogP) is 3.07. The van der Waals surface area contributed by atoms with Crippen LogP contribution in [0.1, 0.15) is 54.4 Å². The number of rotatable bonds is 3. The van der Waals surface area contributed by atoms with Crippen molar-refractivity contribution >= 4 is 5.91 Å². The molecule has 0 unspecified atom stereocenters. The number of hydrogen-bond donors (Lipinski definition) is 1. The molecular weight excluding hydrogens is 193 g/mol. The lowest BCUT2D eigenvalue weighted by Gasteiger charge is -2.23. The fourth-order valence-electron chi connectivity index (χ4n) is 1.14. The molecule has 3 heteroatoms. The van der Waals surface area contributed by atoms with Crippen molar-refractivity contribution < 1.29 is 9.18 Å². The van der Waals surface area contributed by atoms with Crippen LogP contribution in [0.15, 0.2) is 0 Å². The summed E-state index contributed by atoms with van der Waals surface area (Å²) in [6.07, 6.45) is -0.375. The Morgan fingerprint density at radius 3 is 2.00 bits per heavy atom. The largest absolute Gasteiger partial charge is 0.349 e. The first kappa shape index (κ1) is 14.4. The standard InChI is InChI=1S/C12H24FNO/c1-11(2,3)8-7-9(13)10(15)14-12(4,5)6/h9H,7-8H2,1-6H3,(H,14,15)/t9-/m1/s1. The Labute approximate surface area is 92.6 Å². The smallest absolute Gasteiger partial charge is 0.254 e. The third kappa shape index (κ3) is 8.40. The number of nitrogens with one attached hydrogen (secondary N) is 1. The molecule has 0 rings (SSSR count). The van der Waals surface area contributed by atoms with Gasteiger partial charge >= 0.3 is 0 Å². The molecule has 0 aromatic rings. The molecule has 90 valence electrons. The average Bonchev–Trinajstić information content (AvgIpc) is 1.95. The van der Waals surface area contributed by atoms with Gasteiger partial charge in [0.1, 0.15) is 0 Å². The summed E-state index contributed by atoms with van der Waals surface area (Å²) in [5.41, 5.74) is -0.282. The SMILES string of the molecule is CC(C)(C)CC[C@@H](F)C(=O)NC(C)(C)C. The summed E-state index contributed by atoms with van der Waals surface area (Å²) in [5.74, 6) is -0.494. The van der Waals surface area contributed by atoms with Crippen molar-refractivity contribution in [2.24, 2.45) is 5.41 Å². The molecule has 0 saturated heterocycles. The van der Waals surface area contributed by atoms with Crippen molar-refractivity contribution in [2.75, 3.05) is 0 Å². The van der Waals surface area contributed by atoms with E-state index >= 15 is 0 Å². The number of hydrogen-bond acceptors (Lipinski definition) is 1. The summed E-state index contributed by atoms with van der Waals surface area (Å²) in [6.45, 7) is 11.7. The first-order valence-corrected chi connectivity index (χ1v) is 5.47. The Morgan fingerprint density at radius 1 is 1.20 bits per heavy atom. The van der Waals surface area contributed by atoms with E-state index in [4.69, 9.17) is 0 Å². The third-order valence-electron chi connectivity index (χ3n) is 1.93. The molecule has 0 radical (unpaired) electrons. The van der Waals surface area contributed by atoms with Gasteiger partial charge < -0.3 is 5.32 Å². The molecule has 0 heterocycles. The van der Waals surface area contributed by atoms with E-state index < -0.39 is 12.1 Å². The van der Waals surface area contributed by atoms with E-state index in [1.165, 1.54) is 0 Å². The number of halogens is 1. The van der Waals surface area contributed by atoms with Gasteiger partial charge in [0, 0.05) is 5.54 Å². The van der Waals surface area contributed by atoms with Gasteiger partial charge in [-0.25, -0.2) is 4.39 Å². The van der Waals surface area contributed by atoms with E-state index in [-0.39, 0.29) is 11.0 Å². The maximum atomic E-state index is 13.4. The van der Waals surface area contributed by atoms with Crippen LogP contribution in [0.25, 0.3) is 0 Å². The molecule has 1 N–H and O–H groups in total. The highest BCUT2D eigenvalue weighted by Crippen LogP contribution is 2.22. The van der Waals surface area contributed by atoms with E-state index in [1.807, 2.05) is 41.5 Å². The van der Waals surface area contributed by atoms with Crippen LogP contribution in [0.3, 0.4) is 0 Å². The summed E-state index contributed by atoms with van der Waals surface area (Å²) in [4.78, 5) is 11.4. The van der Waals surface area contributed by atoms with Crippen LogP contribution in [0.2, 0.25) is 0 Å². The Balaban J connectivity index is 4.01. The zero-order valence-corrected chi connectivity index (χ0v) is 10.8. The maximum absolute atomic E-state index is 13.4.